The lowest BCUT2D eigenvalue weighted by Gasteiger charge is -2.40. The Bertz CT molecular complexity index is 435. The maximum Gasteiger partial charge on any atom is 0.376 e. The fourth-order valence-electron chi connectivity index (χ4n) is 2.20. The molecule has 6 heteroatoms. The highest BCUT2D eigenvalue weighted by Gasteiger charge is 2.38. The van der Waals surface area contributed by atoms with Gasteiger partial charge in [-0.25, -0.2) is 4.79 Å². The number of aryl methyl sites for hydroxylation is 1. The molecular weight excluding hydrogens is 250 g/mol. The summed E-state index contributed by atoms with van der Waals surface area (Å²) >= 11 is 1.87. The van der Waals surface area contributed by atoms with E-state index in [-0.39, 0.29) is 10.7 Å². The van der Waals surface area contributed by atoms with Gasteiger partial charge in [0, 0.05) is 11.3 Å². The van der Waals surface area contributed by atoms with E-state index >= 15 is 0 Å². The van der Waals surface area contributed by atoms with Crippen LogP contribution < -0.4 is 0 Å². The van der Waals surface area contributed by atoms with E-state index in [1.807, 2.05) is 23.3 Å². The number of aromatic nitrogens is 3. The highest BCUT2D eigenvalue weighted by molar-refractivity contribution is 8.00. The molecule has 0 aliphatic heterocycles. The minimum atomic E-state index is -0.381. The van der Waals surface area contributed by atoms with Crippen molar-refractivity contribution in [1.29, 1.82) is 0 Å². The van der Waals surface area contributed by atoms with Crippen LogP contribution in [0.25, 0.3) is 0 Å². The molecule has 18 heavy (non-hydrogen) atoms. The summed E-state index contributed by atoms with van der Waals surface area (Å²) in [4.78, 5) is 11.8. The van der Waals surface area contributed by atoms with Gasteiger partial charge < -0.3 is 9.30 Å². The summed E-state index contributed by atoms with van der Waals surface area (Å²) in [6, 6.07) is 0. The van der Waals surface area contributed by atoms with E-state index in [9.17, 15) is 4.79 Å². The highest BCUT2D eigenvalue weighted by Crippen LogP contribution is 2.44. The van der Waals surface area contributed by atoms with Gasteiger partial charge >= 0.3 is 5.97 Å². The van der Waals surface area contributed by atoms with Crippen molar-refractivity contribution in [2.75, 3.05) is 12.9 Å². The second-order valence-corrected chi connectivity index (χ2v) is 5.89. The van der Waals surface area contributed by atoms with Gasteiger partial charge in [0.05, 0.1) is 6.61 Å². The SMILES string of the molecule is CCOC(=O)c1nnc(C)n1CC1(SC)CCC1. The Morgan fingerprint density at radius 2 is 2.22 bits per heavy atom. The van der Waals surface area contributed by atoms with Crippen molar-refractivity contribution < 1.29 is 9.53 Å². The third kappa shape index (κ3) is 2.39. The van der Waals surface area contributed by atoms with Crippen LogP contribution in [0.4, 0.5) is 0 Å². The van der Waals surface area contributed by atoms with Crippen LogP contribution in [0.1, 0.15) is 42.6 Å². The van der Waals surface area contributed by atoms with Crippen molar-refractivity contribution in [1.82, 2.24) is 14.8 Å². The summed E-state index contributed by atoms with van der Waals surface area (Å²) < 4.78 is 7.15. The Morgan fingerprint density at radius 1 is 1.50 bits per heavy atom. The highest BCUT2D eigenvalue weighted by atomic mass is 32.2. The third-order valence-corrected chi connectivity index (χ3v) is 4.94. The molecule has 0 unspecified atom stereocenters. The van der Waals surface area contributed by atoms with E-state index in [0.29, 0.717) is 12.4 Å². The molecule has 0 saturated heterocycles. The van der Waals surface area contributed by atoms with Gasteiger partial charge in [-0.2, -0.15) is 11.8 Å². The molecule has 0 radical (unpaired) electrons. The maximum atomic E-state index is 11.8. The second-order valence-electron chi connectivity index (χ2n) is 4.62. The largest absolute Gasteiger partial charge is 0.460 e. The van der Waals surface area contributed by atoms with Crippen LogP contribution in [0.2, 0.25) is 0 Å². The lowest BCUT2D eigenvalue weighted by atomic mass is 9.84. The Morgan fingerprint density at radius 3 is 2.72 bits per heavy atom. The van der Waals surface area contributed by atoms with Crippen molar-refractivity contribution in [3.8, 4) is 0 Å². The summed E-state index contributed by atoms with van der Waals surface area (Å²) in [6.45, 7) is 4.82. The zero-order chi connectivity index (χ0) is 13.2. The average Bonchev–Trinajstić information content (AvgIpc) is 2.66. The Labute approximate surface area is 111 Å². The monoisotopic (exact) mass is 269 g/mol. The van der Waals surface area contributed by atoms with Crippen LogP contribution in [0.15, 0.2) is 0 Å². The number of hydrogen-bond donors (Lipinski definition) is 0. The first-order valence-electron chi connectivity index (χ1n) is 6.24. The molecule has 0 aromatic carbocycles. The van der Waals surface area contributed by atoms with Gasteiger partial charge in [0.2, 0.25) is 5.82 Å². The fourth-order valence-corrected chi connectivity index (χ4v) is 3.16. The van der Waals surface area contributed by atoms with Crippen molar-refractivity contribution in [2.24, 2.45) is 0 Å². The maximum absolute atomic E-state index is 11.8. The van der Waals surface area contributed by atoms with E-state index in [2.05, 4.69) is 16.5 Å². The molecule has 0 spiro atoms. The van der Waals surface area contributed by atoms with Crippen molar-refractivity contribution in [2.45, 2.75) is 44.4 Å². The Balaban J connectivity index is 2.21. The topological polar surface area (TPSA) is 57.0 Å². The van der Waals surface area contributed by atoms with Crippen LogP contribution >= 0.6 is 11.8 Å². The number of esters is 1. The van der Waals surface area contributed by atoms with Crippen LogP contribution in [-0.4, -0.2) is 38.3 Å². The molecule has 1 fully saturated rings. The molecule has 1 aromatic heterocycles. The molecule has 0 atom stereocenters. The van der Waals surface area contributed by atoms with Gasteiger partial charge in [-0.15, -0.1) is 10.2 Å². The zero-order valence-corrected chi connectivity index (χ0v) is 11.9. The van der Waals surface area contributed by atoms with Gasteiger partial charge in [0.25, 0.3) is 0 Å². The van der Waals surface area contributed by atoms with Gasteiger partial charge in [-0.05, 0) is 32.9 Å². The predicted octanol–water partition coefficient (Wildman–Crippen LogP) is 2.05. The van der Waals surface area contributed by atoms with E-state index < -0.39 is 0 Å². The first-order valence-corrected chi connectivity index (χ1v) is 7.46. The molecule has 0 bridgehead atoms. The number of rotatable bonds is 5. The van der Waals surface area contributed by atoms with Crippen LogP contribution in [0, 0.1) is 6.92 Å². The smallest absolute Gasteiger partial charge is 0.376 e. The summed E-state index contributed by atoms with van der Waals surface area (Å²) in [7, 11) is 0. The van der Waals surface area contributed by atoms with Crippen LogP contribution in [-0.2, 0) is 11.3 Å². The van der Waals surface area contributed by atoms with Crippen LogP contribution in [0.5, 0.6) is 0 Å². The summed E-state index contributed by atoms with van der Waals surface area (Å²) in [5, 5.41) is 7.94. The number of thioether (sulfide) groups is 1. The predicted molar refractivity (Wildman–Crippen MR) is 70.8 cm³/mol. The van der Waals surface area contributed by atoms with Crippen molar-refractivity contribution in [3.05, 3.63) is 11.6 Å². The van der Waals surface area contributed by atoms with Gasteiger partial charge in [0.1, 0.15) is 5.82 Å². The zero-order valence-electron chi connectivity index (χ0n) is 11.1. The number of carbonyl (C=O) groups is 1. The van der Waals surface area contributed by atoms with E-state index in [1.54, 1.807) is 6.92 Å². The summed E-state index contributed by atoms with van der Waals surface area (Å²) in [5.41, 5.74) is 0. The van der Waals surface area contributed by atoms with E-state index in [1.165, 1.54) is 19.3 Å². The van der Waals surface area contributed by atoms with E-state index in [4.69, 9.17) is 4.74 Å². The first kappa shape index (κ1) is 13.4. The number of ether oxygens (including phenoxy) is 1. The third-order valence-electron chi connectivity index (χ3n) is 3.54. The molecule has 2 rings (SSSR count). The molecule has 1 saturated carbocycles. The molecule has 1 aromatic rings. The van der Waals surface area contributed by atoms with Gasteiger partial charge in [0.15, 0.2) is 0 Å². The molecule has 5 nitrogen and oxygen atoms in total. The normalized spacial score (nSPS) is 17.3. The second kappa shape index (κ2) is 5.30. The quantitative estimate of drug-likeness (QED) is 0.766. The average molecular weight is 269 g/mol. The number of nitrogens with zero attached hydrogens (tertiary/aromatic N) is 3. The van der Waals surface area contributed by atoms with Gasteiger partial charge in [-0.3, -0.25) is 0 Å². The van der Waals surface area contributed by atoms with E-state index in [0.717, 1.165) is 12.4 Å². The summed E-state index contributed by atoms with van der Waals surface area (Å²) in [6.07, 6.45) is 5.77. The lowest BCUT2D eigenvalue weighted by Crippen LogP contribution is -2.39. The molecule has 0 amide bonds. The Hall–Kier alpha value is -1.04. The van der Waals surface area contributed by atoms with Gasteiger partial charge in [-0.1, -0.05) is 6.42 Å². The summed E-state index contributed by atoms with van der Waals surface area (Å²) in [5.74, 6) is 0.724. The minimum absolute atomic E-state index is 0.244. The number of hydrogen-bond acceptors (Lipinski definition) is 5. The number of carbonyl (C=O) groups excluding carboxylic acids is 1. The van der Waals surface area contributed by atoms with Crippen LogP contribution in [0.3, 0.4) is 0 Å². The lowest BCUT2D eigenvalue weighted by molar-refractivity contribution is 0.0503. The molecule has 1 aliphatic carbocycles. The standard InChI is InChI=1S/C12H19N3O2S/c1-4-17-11(16)10-14-13-9(2)15(10)8-12(18-3)6-5-7-12/h4-8H2,1-3H3. The first-order chi connectivity index (χ1) is 8.62. The molecule has 1 heterocycles. The fraction of sp³-hybridized carbons (Fsp3) is 0.750. The molecular formula is C12H19N3O2S. The molecule has 1 aliphatic rings. The Kier molecular flexibility index (Phi) is 3.94. The van der Waals surface area contributed by atoms with Crippen molar-refractivity contribution >= 4 is 17.7 Å². The van der Waals surface area contributed by atoms with Crippen molar-refractivity contribution in [3.63, 3.8) is 0 Å². The molecule has 0 N–H and O–H groups in total. The molecule has 100 valence electrons. The minimum Gasteiger partial charge on any atom is -0.460 e.